The summed E-state index contributed by atoms with van der Waals surface area (Å²) in [6, 6.07) is 19.7. The van der Waals surface area contributed by atoms with Crippen LogP contribution in [0, 0.1) is 13.8 Å². The van der Waals surface area contributed by atoms with E-state index < -0.39 is 0 Å². The number of nitrogens with zero attached hydrogens (tertiary/aromatic N) is 3. The van der Waals surface area contributed by atoms with Crippen molar-refractivity contribution in [2.75, 3.05) is 11.9 Å². The number of hydrazone groups is 1. The van der Waals surface area contributed by atoms with Crippen LogP contribution in [0.3, 0.4) is 0 Å². The summed E-state index contributed by atoms with van der Waals surface area (Å²) in [6.45, 7) is 4.80. The van der Waals surface area contributed by atoms with Crippen LogP contribution in [0.15, 0.2) is 65.8 Å². The molecular formula is C21H23N5O. The Morgan fingerprint density at radius 3 is 2.44 bits per heavy atom. The van der Waals surface area contributed by atoms with E-state index in [0.717, 1.165) is 22.6 Å². The fourth-order valence-corrected chi connectivity index (χ4v) is 2.75. The summed E-state index contributed by atoms with van der Waals surface area (Å²) in [6.07, 6.45) is 1.65. The number of para-hydroxylation sites is 1. The zero-order chi connectivity index (χ0) is 19.1. The normalized spacial score (nSPS) is 10.9. The van der Waals surface area contributed by atoms with Crippen molar-refractivity contribution < 1.29 is 4.79 Å². The van der Waals surface area contributed by atoms with E-state index in [-0.39, 0.29) is 12.5 Å². The molecular weight excluding hydrogens is 338 g/mol. The standard InChI is InChI=1S/C21H23N5O/c1-16-20(17(2)26(25-16)15-18-9-5-3-6-10-18)13-23-24-21(27)14-22-19-11-7-4-8-12-19/h3-13,22H,14-15H2,1-2H3,(H,24,27)/b23-13+. The lowest BCUT2D eigenvalue weighted by Gasteiger charge is -2.05. The minimum absolute atomic E-state index is 0.159. The van der Waals surface area contributed by atoms with Crippen LogP contribution in [0.2, 0.25) is 0 Å². The van der Waals surface area contributed by atoms with Crippen molar-refractivity contribution in [1.29, 1.82) is 0 Å². The fraction of sp³-hybridized carbons (Fsp3) is 0.190. The van der Waals surface area contributed by atoms with Crippen LogP contribution in [0.4, 0.5) is 5.69 Å². The van der Waals surface area contributed by atoms with E-state index in [4.69, 9.17) is 0 Å². The SMILES string of the molecule is Cc1nn(Cc2ccccc2)c(C)c1/C=N/NC(=O)CNc1ccccc1. The Hall–Kier alpha value is -3.41. The Bertz CT molecular complexity index is 917. The second kappa shape index (κ2) is 8.80. The van der Waals surface area contributed by atoms with E-state index >= 15 is 0 Å². The fourth-order valence-electron chi connectivity index (χ4n) is 2.75. The van der Waals surface area contributed by atoms with Gasteiger partial charge in [0.15, 0.2) is 0 Å². The third-order valence-corrected chi connectivity index (χ3v) is 4.22. The van der Waals surface area contributed by atoms with Gasteiger partial charge in [-0.3, -0.25) is 9.48 Å². The monoisotopic (exact) mass is 361 g/mol. The van der Waals surface area contributed by atoms with Gasteiger partial charge in [-0.1, -0.05) is 48.5 Å². The molecule has 0 radical (unpaired) electrons. The summed E-state index contributed by atoms with van der Waals surface area (Å²) in [7, 11) is 0. The van der Waals surface area contributed by atoms with Crippen molar-refractivity contribution in [3.8, 4) is 0 Å². The number of anilines is 1. The summed E-state index contributed by atoms with van der Waals surface area (Å²) in [5.74, 6) is -0.206. The molecule has 0 atom stereocenters. The highest BCUT2D eigenvalue weighted by atomic mass is 16.2. The van der Waals surface area contributed by atoms with Crippen LogP contribution >= 0.6 is 0 Å². The van der Waals surface area contributed by atoms with Gasteiger partial charge in [0.2, 0.25) is 0 Å². The number of aromatic nitrogens is 2. The number of hydrogen-bond donors (Lipinski definition) is 2. The average molecular weight is 361 g/mol. The predicted molar refractivity (Wildman–Crippen MR) is 108 cm³/mol. The smallest absolute Gasteiger partial charge is 0.259 e. The number of rotatable bonds is 7. The molecule has 1 amide bonds. The lowest BCUT2D eigenvalue weighted by molar-refractivity contribution is -0.119. The zero-order valence-corrected chi connectivity index (χ0v) is 15.5. The Kier molecular flexibility index (Phi) is 5.99. The van der Waals surface area contributed by atoms with Gasteiger partial charge >= 0.3 is 0 Å². The van der Waals surface area contributed by atoms with Gasteiger partial charge in [-0.15, -0.1) is 0 Å². The second-order valence-corrected chi connectivity index (χ2v) is 6.24. The Balaban J connectivity index is 1.57. The van der Waals surface area contributed by atoms with E-state index in [0.29, 0.717) is 6.54 Å². The van der Waals surface area contributed by atoms with Crippen molar-refractivity contribution in [1.82, 2.24) is 15.2 Å². The number of aryl methyl sites for hydroxylation is 1. The molecule has 0 unspecified atom stereocenters. The molecule has 27 heavy (non-hydrogen) atoms. The minimum Gasteiger partial charge on any atom is -0.376 e. The highest BCUT2D eigenvalue weighted by molar-refractivity contribution is 5.85. The van der Waals surface area contributed by atoms with Gasteiger partial charge in [-0.25, -0.2) is 5.43 Å². The zero-order valence-electron chi connectivity index (χ0n) is 15.5. The number of carbonyl (C=O) groups is 1. The summed E-state index contributed by atoms with van der Waals surface area (Å²) >= 11 is 0. The first-order chi connectivity index (χ1) is 13.1. The van der Waals surface area contributed by atoms with Gasteiger partial charge in [-0.05, 0) is 31.5 Å². The molecule has 0 fully saturated rings. The van der Waals surface area contributed by atoms with Gasteiger partial charge in [0.1, 0.15) is 0 Å². The van der Waals surface area contributed by atoms with Crippen LogP contribution in [0.5, 0.6) is 0 Å². The van der Waals surface area contributed by atoms with E-state index in [1.807, 2.05) is 67.1 Å². The maximum atomic E-state index is 11.9. The first kappa shape index (κ1) is 18.4. The molecule has 0 saturated heterocycles. The summed E-state index contributed by atoms with van der Waals surface area (Å²) < 4.78 is 1.95. The van der Waals surface area contributed by atoms with Crippen LogP contribution in [-0.2, 0) is 11.3 Å². The number of carbonyl (C=O) groups excluding carboxylic acids is 1. The van der Waals surface area contributed by atoms with Gasteiger partial charge < -0.3 is 5.32 Å². The molecule has 138 valence electrons. The molecule has 0 saturated carbocycles. The molecule has 1 heterocycles. The molecule has 0 bridgehead atoms. The summed E-state index contributed by atoms with van der Waals surface area (Å²) in [4.78, 5) is 11.9. The first-order valence-corrected chi connectivity index (χ1v) is 8.82. The Morgan fingerprint density at radius 1 is 1.07 bits per heavy atom. The van der Waals surface area contributed by atoms with Crippen molar-refractivity contribution >= 4 is 17.8 Å². The maximum absolute atomic E-state index is 11.9. The molecule has 3 aromatic rings. The predicted octanol–water partition coefficient (Wildman–Crippen LogP) is 3.11. The summed E-state index contributed by atoms with van der Waals surface area (Å²) in [5.41, 5.74) is 7.43. The topological polar surface area (TPSA) is 71.3 Å². The lowest BCUT2D eigenvalue weighted by Crippen LogP contribution is -2.25. The largest absolute Gasteiger partial charge is 0.376 e. The Labute approximate surface area is 158 Å². The molecule has 0 aliphatic heterocycles. The molecule has 2 aromatic carbocycles. The third-order valence-electron chi connectivity index (χ3n) is 4.22. The number of nitrogens with one attached hydrogen (secondary N) is 2. The van der Waals surface area contributed by atoms with Gasteiger partial charge in [-0.2, -0.15) is 10.2 Å². The van der Waals surface area contributed by atoms with Gasteiger partial charge in [0.05, 0.1) is 25.0 Å². The highest BCUT2D eigenvalue weighted by Gasteiger charge is 2.10. The van der Waals surface area contributed by atoms with Crippen molar-refractivity contribution in [3.63, 3.8) is 0 Å². The summed E-state index contributed by atoms with van der Waals surface area (Å²) in [5, 5.41) is 11.7. The molecule has 0 aliphatic carbocycles. The first-order valence-electron chi connectivity index (χ1n) is 8.82. The van der Waals surface area contributed by atoms with E-state index in [2.05, 4.69) is 33.1 Å². The second-order valence-electron chi connectivity index (χ2n) is 6.24. The number of benzene rings is 2. The van der Waals surface area contributed by atoms with Crippen molar-refractivity contribution in [3.05, 3.63) is 83.2 Å². The third kappa shape index (κ3) is 5.04. The van der Waals surface area contributed by atoms with Crippen LogP contribution < -0.4 is 10.7 Å². The van der Waals surface area contributed by atoms with Crippen LogP contribution in [0.1, 0.15) is 22.5 Å². The molecule has 0 spiro atoms. The average Bonchev–Trinajstić information content (AvgIpc) is 2.95. The molecule has 0 aliphatic rings. The lowest BCUT2D eigenvalue weighted by atomic mass is 10.2. The minimum atomic E-state index is -0.206. The van der Waals surface area contributed by atoms with Crippen molar-refractivity contribution in [2.24, 2.45) is 5.10 Å². The quantitative estimate of drug-likeness (QED) is 0.502. The number of hydrogen-bond acceptors (Lipinski definition) is 4. The Morgan fingerprint density at radius 2 is 1.74 bits per heavy atom. The van der Waals surface area contributed by atoms with E-state index in [9.17, 15) is 4.79 Å². The van der Waals surface area contributed by atoms with Gasteiger partial charge in [0.25, 0.3) is 5.91 Å². The van der Waals surface area contributed by atoms with Crippen molar-refractivity contribution in [2.45, 2.75) is 20.4 Å². The van der Waals surface area contributed by atoms with E-state index in [1.54, 1.807) is 6.21 Å². The van der Waals surface area contributed by atoms with E-state index in [1.165, 1.54) is 5.56 Å². The maximum Gasteiger partial charge on any atom is 0.259 e. The molecule has 6 heteroatoms. The molecule has 2 N–H and O–H groups in total. The molecule has 1 aromatic heterocycles. The number of amides is 1. The molecule has 3 rings (SSSR count). The van der Waals surface area contributed by atoms with Crippen LogP contribution in [-0.4, -0.2) is 28.4 Å². The highest BCUT2D eigenvalue weighted by Crippen LogP contribution is 2.12. The van der Waals surface area contributed by atoms with Gasteiger partial charge in [0, 0.05) is 16.9 Å². The molecule has 6 nitrogen and oxygen atoms in total. The van der Waals surface area contributed by atoms with Crippen LogP contribution in [0.25, 0.3) is 0 Å².